The molecule has 0 radical (unpaired) electrons. The van der Waals surface area contributed by atoms with E-state index < -0.39 is 0 Å². The molecule has 0 atom stereocenters. The molecule has 3 aromatic rings. The topological polar surface area (TPSA) is 38.3 Å². The lowest BCUT2D eigenvalue weighted by Crippen LogP contribution is -2.23. The van der Waals surface area contributed by atoms with Crippen LogP contribution in [0.2, 0.25) is 0 Å². The summed E-state index contributed by atoms with van der Waals surface area (Å²) in [6.45, 7) is 4.45. The number of benzene rings is 3. The van der Waals surface area contributed by atoms with Gasteiger partial charge in [-0.1, -0.05) is 72.8 Å². The van der Waals surface area contributed by atoms with Gasteiger partial charge in [0, 0.05) is 12.1 Å². The van der Waals surface area contributed by atoms with Crippen molar-refractivity contribution in [2.24, 2.45) is 0 Å². The number of carbonyl (C=O) groups excluding carboxylic acids is 1. The van der Waals surface area contributed by atoms with Gasteiger partial charge in [0.25, 0.3) is 5.91 Å². The first-order valence-electron chi connectivity index (χ1n) is 9.48. The Balaban J connectivity index is 1.74. The molecule has 0 bridgehead atoms. The van der Waals surface area contributed by atoms with Crippen molar-refractivity contribution in [2.45, 2.75) is 26.5 Å². The molecule has 0 heterocycles. The molecular formula is C25H25NO2. The highest BCUT2D eigenvalue weighted by molar-refractivity contribution is 6.24. The summed E-state index contributed by atoms with van der Waals surface area (Å²) in [6.07, 6.45) is 2.06. The second-order valence-electron chi connectivity index (χ2n) is 6.83. The van der Waals surface area contributed by atoms with Gasteiger partial charge in [0.15, 0.2) is 0 Å². The van der Waals surface area contributed by atoms with Crippen LogP contribution in [0.5, 0.6) is 5.75 Å². The van der Waals surface area contributed by atoms with Gasteiger partial charge < -0.3 is 10.1 Å². The zero-order chi connectivity index (χ0) is 19.8. The van der Waals surface area contributed by atoms with E-state index in [1.807, 2.05) is 105 Å². The Morgan fingerprint density at radius 2 is 1.50 bits per heavy atom. The Hall–Kier alpha value is -3.33. The van der Waals surface area contributed by atoms with Gasteiger partial charge in [-0.15, -0.1) is 0 Å². The number of amides is 1. The van der Waals surface area contributed by atoms with Gasteiger partial charge in [-0.25, -0.2) is 0 Å². The number of hydrogen-bond acceptors (Lipinski definition) is 2. The second kappa shape index (κ2) is 9.56. The molecule has 0 aromatic heterocycles. The minimum absolute atomic E-state index is 0.0995. The van der Waals surface area contributed by atoms with E-state index >= 15 is 0 Å². The fraction of sp³-hybridized carbons (Fsp3) is 0.160. The van der Waals surface area contributed by atoms with E-state index in [4.69, 9.17) is 4.74 Å². The molecule has 0 spiro atoms. The minimum Gasteiger partial charge on any atom is -0.491 e. The average Bonchev–Trinajstić information content (AvgIpc) is 2.72. The van der Waals surface area contributed by atoms with Crippen LogP contribution < -0.4 is 10.1 Å². The van der Waals surface area contributed by atoms with E-state index in [9.17, 15) is 4.79 Å². The smallest absolute Gasteiger partial charge is 0.252 e. The largest absolute Gasteiger partial charge is 0.491 e. The molecule has 1 N–H and O–H groups in total. The first-order chi connectivity index (χ1) is 13.6. The highest BCUT2D eigenvalue weighted by Crippen LogP contribution is 2.19. The monoisotopic (exact) mass is 371 g/mol. The SMILES string of the molecule is CC(C)Oc1ccc(CNC(=O)/C(=C/c2ccccc2)c2ccccc2)cc1. The van der Waals surface area contributed by atoms with Crippen LogP contribution >= 0.6 is 0 Å². The molecule has 142 valence electrons. The van der Waals surface area contributed by atoms with Crippen LogP contribution in [0.3, 0.4) is 0 Å². The summed E-state index contributed by atoms with van der Waals surface area (Å²) in [5, 5.41) is 3.03. The molecule has 0 fully saturated rings. The number of ether oxygens (including phenoxy) is 1. The summed E-state index contributed by atoms with van der Waals surface area (Å²) >= 11 is 0. The van der Waals surface area contributed by atoms with Crippen molar-refractivity contribution in [3.8, 4) is 5.75 Å². The summed E-state index contributed by atoms with van der Waals surface area (Å²) in [7, 11) is 0. The molecule has 3 aromatic carbocycles. The van der Waals surface area contributed by atoms with Crippen LogP contribution in [0.25, 0.3) is 11.6 Å². The van der Waals surface area contributed by atoms with Crippen molar-refractivity contribution in [2.75, 3.05) is 0 Å². The molecular weight excluding hydrogens is 346 g/mol. The minimum atomic E-state index is -0.0995. The van der Waals surface area contributed by atoms with Gasteiger partial charge in [0.05, 0.1) is 6.10 Å². The van der Waals surface area contributed by atoms with E-state index in [1.165, 1.54) is 0 Å². The van der Waals surface area contributed by atoms with Crippen molar-refractivity contribution < 1.29 is 9.53 Å². The number of carbonyl (C=O) groups is 1. The highest BCUT2D eigenvalue weighted by Gasteiger charge is 2.12. The van der Waals surface area contributed by atoms with E-state index in [1.54, 1.807) is 0 Å². The van der Waals surface area contributed by atoms with Crippen LogP contribution in [-0.4, -0.2) is 12.0 Å². The lowest BCUT2D eigenvalue weighted by molar-refractivity contribution is -0.115. The maximum absolute atomic E-state index is 12.9. The van der Waals surface area contributed by atoms with Crippen LogP contribution in [0.1, 0.15) is 30.5 Å². The van der Waals surface area contributed by atoms with Gasteiger partial charge in [-0.2, -0.15) is 0 Å². The molecule has 0 saturated heterocycles. The maximum atomic E-state index is 12.9. The molecule has 3 heteroatoms. The van der Waals surface area contributed by atoms with Gasteiger partial charge in [0.1, 0.15) is 5.75 Å². The summed E-state index contributed by atoms with van der Waals surface area (Å²) in [5.74, 6) is 0.733. The van der Waals surface area contributed by atoms with E-state index in [0.717, 1.165) is 22.4 Å². The van der Waals surface area contributed by atoms with Gasteiger partial charge >= 0.3 is 0 Å². The number of rotatable bonds is 7. The van der Waals surface area contributed by atoms with Crippen molar-refractivity contribution in [1.29, 1.82) is 0 Å². The van der Waals surface area contributed by atoms with Crippen LogP contribution in [0.15, 0.2) is 84.9 Å². The Bertz CT molecular complexity index is 914. The quantitative estimate of drug-likeness (QED) is 0.450. The van der Waals surface area contributed by atoms with Gasteiger partial charge in [-0.05, 0) is 48.7 Å². The van der Waals surface area contributed by atoms with Crippen molar-refractivity contribution >= 4 is 17.6 Å². The zero-order valence-electron chi connectivity index (χ0n) is 16.3. The standard InChI is InChI=1S/C25H25NO2/c1-19(2)28-23-15-13-21(14-16-23)18-26-25(27)24(22-11-7-4-8-12-22)17-20-9-5-3-6-10-20/h3-17,19H,18H2,1-2H3,(H,26,27)/b24-17+. The molecule has 3 rings (SSSR count). The van der Waals surface area contributed by atoms with E-state index in [-0.39, 0.29) is 12.0 Å². The highest BCUT2D eigenvalue weighted by atomic mass is 16.5. The fourth-order valence-corrected chi connectivity index (χ4v) is 2.85. The average molecular weight is 371 g/mol. The lowest BCUT2D eigenvalue weighted by Gasteiger charge is -2.12. The summed E-state index contributed by atoms with van der Waals surface area (Å²) in [6, 6.07) is 27.4. The third-order valence-corrected chi connectivity index (χ3v) is 4.19. The van der Waals surface area contributed by atoms with Crippen LogP contribution in [0.4, 0.5) is 0 Å². The van der Waals surface area contributed by atoms with Crippen molar-refractivity contribution in [1.82, 2.24) is 5.32 Å². The fourth-order valence-electron chi connectivity index (χ4n) is 2.85. The number of nitrogens with one attached hydrogen (secondary N) is 1. The van der Waals surface area contributed by atoms with Crippen molar-refractivity contribution in [3.05, 3.63) is 102 Å². The van der Waals surface area contributed by atoms with Gasteiger partial charge in [-0.3, -0.25) is 4.79 Å². The molecule has 0 unspecified atom stereocenters. The van der Waals surface area contributed by atoms with E-state index in [2.05, 4.69) is 5.32 Å². The van der Waals surface area contributed by atoms with Crippen LogP contribution in [-0.2, 0) is 11.3 Å². The third kappa shape index (κ3) is 5.58. The molecule has 0 saturated carbocycles. The molecule has 1 amide bonds. The third-order valence-electron chi connectivity index (χ3n) is 4.19. The predicted octanol–water partition coefficient (Wildman–Crippen LogP) is 5.33. The zero-order valence-corrected chi connectivity index (χ0v) is 16.3. The Morgan fingerprint density at radius 1 is 0.893 bits per heavy atom. The first kappa shape index (κ1) is 19.4. The van der Waals surface area contributed by atoms with Gasteiger partial charge in [0.2, 0.25) is 0 Å². The summed E-state index contributed by atoms with van der Waals surface area (Å²) in [5.41, 5.74) is 3.55. The summed E-state index contributed by atoms with van der Waals surface area (Å²) < 4.78 is 5.66. The predicted molar refractivity (Wildman–Crippen MR) is 115 cm³/mol. The first-order valence-corrected chi connectivity index (χ1v) is 9.48. The van der Waals surface area contributed by atoms with Crippen molar-refractivity contribution in [3.63, 3.8) is 0 Å². The Morgan fingerprint density at radius 3 is 2.11 bits per heavy atom. The molecule has 0 aliphatic carbocycles. The lowest BCUT2D eigenvalue weighted by atomic mass is 10.0. The number of hydrogen-bond donors (Lipinski definition) is 1. The Kier molecular flexibility index (Phi) is 6.64. The van der Waals surface area contributed by atoms with E-state index in [0.29, 0.717) is 12.1 Å². The Labute approximate surface area is 166 Å². The molecule has 3 nitrogen and oxygen atoms in total. The maximum Gasteiger partial charge on any atom is 0.252 e. The molecule has 28 heavy (non-hydrogen) atoms. The second-order valence-corrected chi connectivity index (χ2v) is 6.83. The normalized spacial score (nSPS) is 11.3. The molecule has 0 aliphatic heterocycles. The molecule has 0 aliphatic rings. The van der Waals surface area contributed by atoms with Crippen LogP contribution in [0, 0.1) is 0 Å². The summed E-state index contributed by atoms with van der Waals surface area (Å²) in [4.78, 5) is 12.9.